The maximum atomic E-state index is 5.84. The fraction of sp³-hybridized carbons (Fsp3) is 0.154. The van der Waals surface area contributed by atoms with Crippen molar-refractivity contribution < 1.29 is 0 Å². The number of rotatable bonds is 2. The Bertz CT molecular complexity index is 486. The van der Waals surface area contributed by atoms with E-state index in [1.165, 1.54) is 11.1 Å². The van der Waals surface area contributed by atoms with Crippen LogP contribution in [0.25, 0.3) is 0 Å². The minimum absolute atomic E-state index is 0.658. The highest BCUT2D eigenvalue weighted by Gasteiger charge is 2.04. The Labute approximate surface area is 95.3 Å². The molecule has 1 aromatic carbocycles. The van der Waals surface area contributed by atoms with Crippen LogP contribution in [0, 0.1) is 13.8 Å². The number of aromatic nitrogens is 1. The van der Waals surface area contributed by atoms with E-state index in [-0.39, 0.29) is 0 Å². The van der Waals surface area contributed by atoms with Crippen molar-refractivity contribution >= 4 is 17.1 Å². The van der Waals surface area contributed by atoms with Gasteiger partial charge in [-0.3, -0.25) is 4.98 Å². The Morgan fingerprint density at radius 1 is 1.12 bits per heavy atom. The first-order valence-electron chi connectivity index (χ1n) is 5.21. The molecule has 2 rings (SSSR count). The van der Waals surface area contributed by atoms with E-state index in [1.807, 2.05) is 12.1 Å². The van der Waals surface area contributed by atoms with Gasteiger partial charge in [0.2, 0.25) is 0 Å². The molecule has 3 N–H and O–H groups in total. The van der Waals surface area contributed by atoms with Crippen molar-refractivity contribution in [3.63, 3.8) is 0 Å². The van der Waals surface area contributed by atoms with Crippen LogP contribution in [-0.2, 0) is 0 Å². The zero-order valence-electron chi connectivity index (χ0n) is 9.49. The van der Waals surface area contributed by atoms with Crippen LogP contribution in [0.4, 0.5) is 17.1 Å². The van der Waals surface area contributed by atoms with E-state index in [9.17, 15) is 0 Å². The highest BCUT2D eigenvalue weighted by molar-refractivity contribution is 5.74. The Hall–Kier alpha value is -2.03. The monoisotopic (exact) mass is 213 g/mol. The average molecular weight is 213 g/mol. The summed E-state index contributed by atoms with van der Waals surface area (Å²) in [5, 5.41) is 3.34. The number of benzene rings is 1. The summed E-state index contributed by atoms with van der Waals surface area (Å²) < 4.78 is 0. The van der Waals surface area contributed by atoms with Crippen LogP contribution in [0.3, 0.4) is 0 Å². The number of nitrogen functional groups attached to an aromatic ring is 1. The standard InChI is InChI=1S/C13H15N3/c1-9-4-3-5-10(2)13(9)16-12-6-7-15-8-11(12)14/h3-8H,14H2,1-2H3,(H,15,16). The lowest BCUT2D eigenvalue weighted by Gasteiger charge is -2.13. The lowest BCUT2D eigenvalue weighted by molar-refractivity contribution is 1.31. The molecule has 0 saturated heterocycles. The first-order chi connectivity index (χ1) is 7.68. The van der Waals surface area contributed by atoms with Crippen molar-refractivity contribution in [2.75, 3.05) is 11.1 Å². The Morgan fingerprint density at radius 2 is 1.81 bits per heavy atom. The molecule has 0 amide bonds. The number of anilines is 3. The largest absolute Gasteiger partial charge is 0.396 e. The first-order valence-corrected chi connectivity index (χ1v) is 5.21. The molecule has 0 fully saturated rings. The smallest absolute Gasteiger partial charge is 0.0739 e. The first kappa shape index (κ1) is 10.5. The number of para-hydroxylation sites is 1. The van der Waals surface area contributed by atoms with Crippen LogP contribution in [-0.4, -0.2) is 4.98 Å². The minimum atomic E-state index is 0.658. The molecular weight excluding hydrogens is 198 g/mol. The summed E-state index contributed by atoms with van der Waals surface area (Å²) in [7, 11) is 0. The van der Waals surface area contributed by atoms with Crippen molar-refractivity contribution in [1.29, 1.82) is 0 Å². The Kier molecular flexibility index (Phi) is 2.77. The van der Waals surface area contributed by atoms with E-state index in [4.69, 9.17) is 5.73 Å². The predicted molar refractivity (Wildman–Crippen MR) is 67.8 cm³/mol. The fourth-order valence-corrected chi connectivity index (χ4v) is 1.67. The molecule has 0 aliphatic heterocycles. The molecule has 1 heterocycles. The van der Waals surface area contributed by atoms with Gasteiger partial charge in [0.1, 0.15) is 0 Å². The summed E-state index contributed by atoms with van der Waals surface area (Å²) in [6.45, 7) is 4.15. The average Bonchev–Trinajstić information content (AvgIpc) is 2.26. The van der Waals surface area contributed by atoms with Crippen LogP contribution in [0.5, 0.6) is 0 Å². The molecule has 16 heavy (non-hydrogen) atoms. The van der Waals surface area contributed by atoms with E-state index < -0.39 is 0 Å². The molecule has 0 aliphatic carbocycles. The molecular formula is C13H15N3. The normalized spacial score (nSPS) is 10.1. The van der Waals surface area contributed by atoms with E-state index in [0.717, 1.165) is 11.4 Å². The predicted octanol–water partition coefficient (Wildman–Crippen LogP) is 3.02. The highest BCUT2D eigenvalue weighted by Crippen LogP contribution is 2.26. The molecule has 0 unspecified atom stereocenters. The van der Waals surface area contributed by atoms with Gasteiger partial charge in [-0.25, -0.2) is 0 Å². The molecule has 0 bridgehead atoms. The summed E-state index contributed by atoms with van der Waals surface area (Å²) in [4.78, 5) is 3.97. The van der Waals surface area contributed by atoms with E-state index in [1.54, 1.807) is 12.4 Å². The molecule has 82 valence electrons. The van der Waals surface area contributed by atoms with E-state index in [2.05, 4.69) is 36.3 Å². The summed E-state index contributed by atoms with van der Waals surface area (Å²) in [6.07, 6.45) is 3.38. The molecule has 0 spiro atoms. The van der Waals surface area contributed by atoms with Crippen molar-refractivity contribution in [1.82, 2.24) is 4.98 Å². The maximum absolute atomic E-state index is 5.84. The summed E-state index contributed by atoms with van der Waals surface area (Å²) in [5.41, 5.74) is 10.9. The van der Waals surface area contributed by atoms with Gasteiger partial charge in [0.25, 0.3) is 0 Å². The molecule has 2 aromatic rings. The fourth-order valence-electron chi connectivity index (χ4n) is 1.67. The van der Waals surface area contributed by atoms with Crippen molar-refractivity contribution in [3.05, 3.63) is 47.8 Å². The molecule has 0 aliphatic rings. The quantitative estimate of drug-likeness (QED) is 0.806. The van der Waals surface area contributed by atoms with Gasteiger partial charge in [-0.1, -0.05) is 18.2 Å². The summed E-state index contributed by atoms with van der Waals surface area (Å²) in [5.74, 6) is 0. The van der Waals surface area contributed by atoms with Crippen LogP contribution in [0.1, 0.15) is 11.1 Å². The number of pyridine rings is 1. The molecule has 0 saturated carbocycles. The van der Waals surface area contributed by atoms with Crippen LogP contribution < -0.4 is 11.1 Å². The second-order valence-corrected chi connectivity index (χ2v) is 3.85. The number of aryl methyl sites for hydroxylation is 2. The van der Waals surface area contributed by atoms with Gasteiger partial charge in [-0.05, 0) is 31.0 Å². The van der Waals surface area contributed by atoms with Gasteiger partial charge in [-0.2, -0.15) is 0 Å². The third-order valence-electron chi connectivity index (χ3n) is 2.59. The van der Waals surface area contributed by atoms with E-state index in [0.29, 0.717) is 5.69 Å². The molecule has 0 radical (unpaired) electrons. The Balaban J connectivity index is 2.38. The van der Waals surface area contributed by atoms with Crippen LogP contribution in [0.2, 0.25) is 0 Å². The number of nitrogens with zero attached hydrogens (tertiary/aromatic N) is 1. The topological polar surface area (TPSA) is 50.9 Å². The highest BCUT2D eigenvalue weighted by atomic mass is 14.9. The third kappa shape index (κ3) is 1.98. The van der Waals surface area contributed by atoms with Gasteiger partial charge < -0.3 is 11.1 Å². The van der Waals surface area contributed by atoms with Crippen molar-refractivity contribution in [2.24, 2.45) is 0 Å². The summed E-state index contributed by atoms with van der Waals surface area (Å²) in [6, 6.07) is 8.08. The summed E-state index contributed by atoms with van der Waals surface area (Å²) >= 11 is 0. The second kappa shape index (κ2) is 4.23. The Morgan fingerprint density at radius 3 is 2.44 bits per heavy atom. The van der Waals surface area contributed by atoms with Gasteiger partial charge in [0.05, 0.1) is 17.6 Å². The van der Waals surface area contributed by atoms with Crippen molar-refractivity contribution in [3.8, 4) is 0 Å². The SMILES string of the molecule is Cc1cccc(C)c1Nc1ccncc1N. The van der Waals surface area contributed by atoms with Gasteiger partial charge in [0.15, 0.2) is 0 Å². The third-order valence-corrected chi connectivity index (χ3v) is 2.59. The molecule has 3 heteroatoms. The molecule has 3 nitrogen and oxygen atoms in total. The van der Waals surface area contributed by atoms with Crippen molar-refractivity contribution in [2.45, 2.75) is 13.8 Å². The number of hydrogen-bond donors (Lipinski definition) is 2. The van der Waals surface area contributed by atoms with Gasteiger partial charge in [0, 0.05) is 11.9 Å². The van der Waals surface area contributed by atoms with Gasteiger partial charge >= 0.3 is 0 Å². The second-order valence-electron chi connectivity index (χ2n) is 3.85. The molecule has 0 atom stereocenters. The number of nitrogens with one attached hydrogen (secondary N) is 1. The maximum Gasteiger partial charge on any atom is 0.0739 e. The van der Waals surface area contributed by atoms with Crippen LogP contribution in [0.15, 0.2) is 36.7 Å². The van der Waals surface area contributed by atoms with Gasteiger partial charge in [-0.15, -0.1) is 0 Å². The molecule has 1 aromatic heterocycles. The number of nitrogens with two attached hydrogens (primary N) is 1. The number of hydrogen-bond acceptors (Lipinski definition) is 3. The zero-order valence-corrected chi connectivity index (χ0v) is 9.49. The minimum Gasteiger partial charge on any atom is -0.396 e. The van der Waals surface area contributed by atoms with Crippen LogP contribution >= 0.6 is 0 Å². The lowest BCUT2D eigenvalue weighted by atomic mass is 10.1. The lowest BCUT2D eigenvalue weighted by Crippen LogP contribution is -1.99. The van der Waals surface area contributed by atoms with E-state index >= 15 is 0 Å². The zero-order chi connectivity index (χ0) is 11.5.